The van der Waals surface area contributed by atoms with Gasteiger partial charge in [-0.25, -0.2) is 0 Å². The summed E-state index contributed by atoms with van der Waals surface area (Å²) in [5.41, 5.74) is 3.29. The summed E-state index contributed by atoms with van der Waals surface area (Å²) in [7, 11) is 0. The van der Waals surface area contributed by atoms with Gasteiger partial charge in [0.2, 0.25) is 11.8 Å². The molecule has 0 radical (unpaired) electrons. The second kappa shape index (κ2) is 6.92. The molecule has 0 saturated carbocycles. The van der Waals surface area contributed by atoms with Gasteiger partial charge in [0.1, 0.15) is 0 Å². The van der Waals surface area contributed by atoms with Crippen molar-refractivity contribution < 1.29 is 9.32 Å². The Bertz CT molecular complexity index is 953. The SMILES string of the molecule is Cc1nc(CC(=O)N2CCc3ccccc3C2c2ccccc2Cl)no1. The first-order valence-electron chi connectivity index (χ1n) is 8.54. The number of fused-ring (bicyclic) bond motifs is 1. The Morgan fingerprint density at radius 1 is 1.19 bits per heavy atom. The Kier molecular flexibility index (Phi) is 4.47. The van der Waals surface area contributed by atoms with Gasteiger partial charge in [0.25, 0.3) is 0 Å². The first-order valence-corrected chi connectivity index (χ1v) is 8.92. The summed E-state index contributed by atoms with van der Waals surface area (Å²) in [5.74, 6) is 0.828. The first kappa shape index (κ1) is 16.8. The molecule has 2 heterocycles. The van der Waals surface area contributed by atoms with Gasteiger partial charge in [-0.15, -0.1) is 0 Å². The standard InChI is InChI=1S/C20H18ClN3O2/c1-13-22-18(23-26-13)12-19(25)24-11-10-14-6-2-3-7-15(14)20(24)16-8-4-5-9-17(16)21/h2-9,20H,10-12H2,1H3. The molecule has 1 unspecified atom stereocenters. The Morgan fingerprint density at radius 3 is 2.65 bits per heavy atom. The molecule has 0 bridgehead atoms. The zero-order valence-corrected chi connectivity index (χ0v) is 15.1. The van der Waals surface area contributed by atoms with Crippen molar-refractivity contribution in [3.05, 3.63) is 82.0 Å². The summed E-state index contributed by atoms with van der Waals surface area (Å²) in [6, 6.07) is 15.7. The Balaban J connectivity index is 1.73. The number of carbonyl (C=O) groups is 1. The van der Waals surface area contributed by atoms with Crippen LogP contribution in [0.3, 0.4) is 0 Å². The number of benzene rings is 2. The van der Waals surface area contributed by atoms with E-state index < -0.39 is 0 Å². The molecule has 132 valence electrons. The topological polar surface area (TPSA) is 59.2 Å². The minimum atomic E-state index is -0.214. The average molecular weight is 368 g/mol. The molecule has 26 heavy (non-hydrogen) atoms. The number of hydrogen-bond donors (Lipinski definition) is 0. The molecule has 2 aromatic carbocycles. The lowest BCUT2D eigenvalue weighted by Gasteiger charge is -2.38. The van der Waals surface area contributed by atoms with Gasteiger partial charge in [-0.05, 0) is 29.2 Å². The zero-order valence-electron chi connectivity index (χ0n) is 14.4. The van der Waals surface area contributed by atoms with E-state index in [2.05, 4.69) is 22.3 Å². The van der Waals surface area contributed by atoms with E-state index >= 15 is 0 Å². The van der Waals surface area contributed by atoms with Gasteiger partial charge in [0, 0.05) is 18.5 Å². The molecular weight excluding hydrogens is 350 g/mol. The molecule has 1 atom stereocenters. The van der Waals surface area contributed by atoms with Crippen LogP contribution >= 0.6 is 11.6 Å². The number of carbonyl (C=O) groups excluding carboxylic acids is 1. The van der Waals surface area contributed by atoms with E-state index in [1.165, 1.54) is 5.56 Å². The number of halogens is 1. The van der Waals surface area contributed by atoms with Crippen LogP contribution in [0.1, 0.15) is 34.4 Å². The van der Waals surface area contributed by atoms with Crippen molar-refractivity contribution in [3.63, 3.8) is 0 Å². The molecule has 1 aliphatic heterocycles. The van der Waals surface area contributed by atoms with Crippen molar-refractivity contribution in [1.82, 2.24) is 15.0 Å². The summed E-state index contributed by atoms with van der Waals surface area (Å²) in [4.78, 5) is 19.1. The van der Waals surface area contributed by atoms with Gasteiger partial charge in [-0.1, -0.05) is 59.2 Å². The maximum Gasteiger partial charge on any atom is 0.231 e. The third kappa shape index (κ3) is 3.10. The van der Waals surface area contributed by atoms with Crippen molar-refractivity contribution in [2.45, 2.75) is 25.8 Å². The number of nitrogens with zero attached hydrogens (tertiary/aromatic N) is 3. The first-order chi connectivity index (χ1) is 12.6. The van der Waals surface area contributed by atoms with E-state index in [-0.39, 0.29) is 18.4 Å². The van der Waals surface area contributed by atoms with Gasteiger partial charge in [0.05, 0.1) is 12.5 Å². The fourth-order valence-electron chi connectivity index (χ4n) is 3.52. The molecule has 0 saturated heterocycles. The smallest absolute Gasteiger partial charge is 0.231 e. The minimum absolute atomic E-state index is 0.0368. The van der Waals surface area contributed by atoms with Crippen molar-refractivity contribution >= 4 is 17.5 Å². The van der Waals surface area contributed by atoms with Crippen LogP contribution in [0, 0.1) is 6.92 Å². The Morgan fingerprint density at radius 2 is 1.92 bits per heavy atom. The van der Waals surface area contributed by atoms with Crippen LogP contribution in [-0.2, 0) is 17.6 Å². The highest BCUT2D eigenvalue weighted by Gasteiger charge is 2.33. The van der Waals surface area contributed by atoms with Crippen LogP contribution in [0.5, 0.6) is 0 Å². The Hall–Kier alpha value is -2.66. The summed E-state index contributed by atoms with van der Waals surface area (Å²) in [6.45, 7) is 2.34. The molecule has 0 aliphatic carbocycles. The van der Waals surface area contributed by atoms with E-state index in [4.69, 9.17) is 16.1 Å². The maximum absolute atomic E-state index is 13.0. The third-order valence-corrected chi connectivity index (χ3v) is 5.03. The van der Waals surface area contributed by atoms with Crippen LogP contribution in [0.2, 0.25) is 5.02 Å². The third-order valence-electron chi connectivity index (χ3n) is 4.68. The van der Waals surface area contributed by atoms with Gasteiger partial charge >= 0.3 is 0 Å². The van der Waals surface area contributed by atoms with E-state index in [9.17, 15) is 4.79 Å². The van der Waals surface area contributed by atoms with Crippen LogP contribution < -0.4 is 0 Å². The molecule has 5 nitrogen and oxygen atoms in total. The highest BCUT2D eigenvalue weighted by molar-refractivity contribution is 6.31. The summed E-state index contributed by atoms with van der Waals surface area (Å²) in [5, 5.41) is 4.51. The lowest BCUT2D eigenvalue weighted by molar-refractivity contribution is -0.132. The number of rotatable bonds is 3. The number of aryl methyl sites for hydroxylation is 1. The lowest BCUT2D eigenvalue weighted by Crippen LogP contribution is -2.41. The predicted octanol–water partition coefficient (Wildman–Crippen LogP) is 3.75. The molecule has 1 aliphatic rings. The van der Waals surface area contributed by atoms with E-state index in [0.29, 0.717) is 23.3 Å². The zero-order chi connectivity index (χ0) is 18.1. The van der Waals surface area contributed by atoms with Crippen molar-refractivity contribution in [1.29, 1.82) is 0 Å². The van der Waals surface area contributed by atoms with Crippen LogP contribution in [0.15, 0.2) is 53.1 Å². The number of amides is 1. The molecule has 3 aromatic rings. The Labute approximate surface area is 156 Å². The summed E-state index contributed by atoms with van der Waals surface area (Å²) < 4.78 is 4.99. The van der Waals surface area contributed by atoms with Crippen molar-refractivity contribution in [3.8, 4) is 0 Å². The van der Waals surface area contributed by atoms with Crippen molar-refractivity contribution in [2.75, 3.05) is 6.54 Å². The quantitative estimate of drug-likeness (QED) is 0.707. The normalized spacial score (nSPS) is 16.4. The van der Waals surface area contributed by atoms with Gasteiger partial charge in [0.15, 0.2) is 5.82 Å². The minimum Gasteiger partial charge on any atom is -0.340 e. The molecule has 4 rings (SSSR count). The van der Waals surface area contributed by atoms with E-state index in [0.717, 1.165) is 17.5 Å². The van der Waals surface area contributed by atoms with Crippen LogP contribution in [-0.4, -0.2) is 27.5 Å². The molecule has 1 amide bonds. The van der Waals surface area contributed by atoms with Gasteiger partial charge in [-0.3, -0.25) is 4.79 Å². The van der Waals surface area contributed by atoms with E-state index in [1.54, 1.807) is 6.92 Å². The molecule has 0 N–H and O–H groups in total. The highest BCUT2D eigenvalue weighted by Crippen LogP contribution is 2.38. The lowest BCUT2D eigenvalue weighted by atomic mass is 9.88. The average Bonchev–Trinajstić information content (AvgIpc) is 3.06. The monoisotopic (exact) mass is 367 g/mol. The summed E-state index contributed by atoms with van der Waals surface area (Å²) >= 11 is 6.48. The van der Waals surface area contributed by atoms with E-state index in [1.807, 2.05) is 41.3 Å². The molecule has 6 heteroatoms. The largest absolute Gasteiger partial charge is 0.340 e. The number of hydrogen-bond acceptors (Lipinski definition) is 4. The van der Waals surface area contributed by atoms with Crippen LogP contribution in [0.4, 0.5) is 0 Å². The molecule has 0 spiro atoms. The maximum atomic E-state index is 13.0. The van der Waals surface area contributed by atoms with Gasteiger partial charge < -0.3 is 9.42 Å². The second-order valence-electron chi connectivity index (χ2n) is 6.37. The van der Waals surface area contributed by atoms with Crippen molar-refractivity contribution in [2.24, 2.45) is 0 Å². The molecule has 1 aromatic heterocycles. The molecule has 0 fully saturated rings. The summed E-state index contributed by atoms with van der Waals surface area (Å²) in [6.07, 6.45) is 0.925. The molecular formula is C20H18ClN3O2. The van der Waals surface area contributed by atoms with Crippen LogP contribution in [0.25, 0.3) is 0 Å². The predicted molar refractivity (Wildman–Crippen MR) is 97.9 cm³/mol. The van der Waals surface area contributed by atoms with Gasteiger partial charge in [-0.2, -0.15) is 4.98 Å². The second-order valence-corrected chi connectivity index (χ2v) is 6.77. The fourth-order valence-corrected chi connectivity index (χ4v) is 3.76. The number of aromatic nitrogens is 2. The highest BCUT2D eigenvalue weighted by atomic mass is 35.5. The fraction of sp³-hybridized carbons (Fsp3) is 0.250.